The van der Waals surface area contributed by atoms with Gasteiger partial charge in [0.15, 0.2) is 0 Å². The molecular weight excluding hydrogens is 452 g/mol. The smallest absolute Gasteiger partial charge is 0.269 e. The van der Waals surface area contributed by atoms with Gasteiger partial charge in [-0.25, -0.2) is 13.4 Å². The van der Waals surface area contributed by atoms with Gasteiger partial charge in [-0.15, -0.1) is 0 Å². The number of morpholine rings is 1. The van der Waals surface area contributed by atoms with Gasteiger partial charge in [0, 0.05) is 18.7 Å². The molecule has 32 heavy (non-hydrogen) atoms. The van der Waals surface area contributed by atoms with E-state index in [0.717, 1.165) is 16.0 Å². The Morgan fingerprint density at radius 2 is 1.84 bits per heavy atom. The van der Waals surface area contributed by atoms with Crippen LogP contribution >= 0.6 is 11.3 Å². The Morgan fingerprint density at radius 1 is 1.16 bits per heavy atom. The zero-order chi connectivity index (χ0) is 22.9. The molecule has 1 fully saturated rings. The molecule has 1 saturated heterocycles. The molecule has 170 valence electrons. The Bertz CT molecular complexity index is 1220. The lowest BCUT2D eigenvalue weighted by atomic mass is 10.2. The molecule has 0 spiro atoms. The summed E-state index contributed by atoms with van der Waals surface area (Å²) >= 11 is 1.37. The minimum Gasteiger partial charge on any atom is -0.497 e. The molecule has 0 unspecified atom stereocenters. The van der Waals surface area contributed by atoms with Crippen molar-refractivity contribution < 1.29 is 22.7 Å². The summed E-state index contributed by atoms with van der Waals surface area (Å²) in [7, 11) is -2.06. The average molecular weight is 477 g/mol. The third-order valence-electron chi connectivity index (χ3n) is 5.02. The van der Waals surface area contributed by atoms with Gasteiger partial charge in [0.25, 0.3) is 5.91 Å². The van der Waals surface area contributed by atoms with Gasteiger partial charge in [0.1, 0.15) is 5.75 Å². The number of hydrogen-bond donors (Lipinski definition) is 2. The first kappa shape index (κ1) is 22.5. The Balaban J connectivity index is 1.42. The summed E-state index contributed by atoms with van der Waals surface area (Å²) in [6.45, 7) is 4.29. The number of amides is 1. The molecule has 2 aromatic carbocycles. The van der Waals surface area contributed by atoms with Crippen LogP contribution in [0.3, 0.4) is 0 Å². The fraction of sp³-hybridized carbons (Fsp3) is 0.333. The number of hydrogen-bond acceptors (Lipinski definition) is 8. The van der Waals surface area contributed by atoms with Crippen LogP contribution in [0.1, 0.15) is 24.2 Å². The normalized spacial score (nSPS) is 19.6. The maximum Gasteiger partial charge on any atom is 0.269 e. The lowest BCUT2D eigenvalue weighted by molar-refractivity contribution is -0.0440. The largest absolute Gasteiger partial charge is 0.497 e. The summed E-state index contributed by atoms with van der Waals surface area (Å²) in [4.78, 5) is 17.0. The number of benzene rings is 2. The van der Waals surface area contributed by atoms with Crippen LogP contribution in [-0.4, -0.2) is 56.0 Å². The summed E-state index contributed by atoms with van der Waals surface area (Å²) in [5.41, 5.74) is 6.50. The number of rotatable bonds is 6. The fourth-order valence-corrected chi connectivity index (χ4v) is 5.96. The molecule has 0 radical (unpaired) electrons. The van der Waals surface area contributed by atoms with Crippen molar-refractivity contribution in [1.29, 1.82) is 0 Å². The monoisotopic (exact) mass is 476 g/mol. The zero-order valence-corrected chi connectivity index (χ0v) is 19.5. The number of anilines is 1. The SMILES string of the molecule is COc1ccc2nc(NNC(=O)c3ccc(S(=O)(=O)N4C[C@@H](C)O[C@H](C)C4)cc3)sc2c1. The molecule has 2 atom stereocenters. The van der Waals surface area contributed by atoms with E-state index >= 15 is 0 Å². The summed E-state index contributed by atoms with van der Waals surface area (Å²) in [5, 5.41) is 0.524. The fourth-order valence-electron chi connectivity index (χ4n) is 3.52. The van der Waals surface area contributed by atoms with Crippen LogP contribution in [0, 0.1) is 0 Å². The molecule has 11 heteroatoms. The number of aromatic nitrogens is 1. The Kier molecular flexibility index (Phi) is 6.33. The van der Waals surface area contributed by atoms with E-state index in [9.17, 15) is 13.2 Å². The van der Waals surface area contributed by atoms with Gasteiger partial charge in [-0.05, 0) is 56.3 Å². The number of nitrogens with zero attached hydrogens (tertiary/aromatic N) is 2. The summed E-state index contributed by atoms with van der Waals surface area (Å²) < 4.78 is 39.0. The lowest BCUT2D eigenvalue weighted by Crippen LogP contribution is -2.48. The number of ether oxygens (including phenoxy) is 2. The van der Waals surface area contributed by atoms with Crippen LogP contribution in [0.2, 0.25) is 0 Å². The van der Waals surface area contributed by atoms with Gasteiger partial charge in [-0.1, -0.05) is 11.3 Å². The van der Waals surface area contributed by atoms with E-state index in [2.05, 4.69) is 15.8 Å². The molecule has 3 aromatic rings. The first-order valence-electron chi connectivity index (χ1n) is 10.0. The number of carbonyl (C=O) groups is 1. The number of sulfonamides is 1. The van der Waals surface area contributed by atoms with Crippen LogP contribution < -0.4 is 15.6 Å². The highest BCUT2D eigenvalue weighted by atomic mass is 32.2. The summed E-state index contributed by atoms with van der Waals surface area (Å²) in [5.74, 6) is 0.326. The molecule has 2 heterocycles. The lowest BCUT2D eigenvalue weighted by Gasteiger charge is -2.34. The number of methoxy groups -OCH3 is 1. The Hall–Kier alpha value is -2.73. The standard InChI is InChI=1S/C21H24N4O5S2/c1-13-11-25(12-14(2)30-13)32(27,28)17-7-4-15(5-8-17)20(26)23-24-21-22-18-9-6-16(29-3)10-19(18)31-21/h4-10,13-14H,11-12H2,1-3H3,(H,22,24)(H,23,26)/t13-,14-/m1/s1. The highest BCUT2D eigenvalue weighted by Gasteiger charge is 2.32. The van der Waals surface area contributed by atoms with E-state index < -0.39 is 15.9 Å². The van der Waals surface area contributed by atoms with Crippen molar-refractivity contribution in [3.8, 4) is 5.75 Å². The van der Waals surface area contributed by atoms with E-state index in [1.165, 1.54) is 39.9 Å². The second-order valence-corrected chi connectivity index (χ2v) is 10.5. The van der Waals surface area contributed by atoms with Crippen LogP contribution in [0.15, 0.2) is 47.4 Å². The first-order chi connectivity index (χ1) is 15.3. The molecular formula is C21H24N4O5S2. The maximum atomic E-state index is 12.9. The average Bonchev–Trinajstić information content (AvgIpc) is 3.19. The number of thiazole rings is 1. The van der Waals surface area contributed by atoms with E-state index in [1.54, 1.807) is 7.11 Å². The van der Waals surface area contributed by atoms with Gasteiger partial charge in [0.2, 0.25) is 15.2 Å². The van der Waals surface area contributed by atoms with Crippen molar-refractivity contribution in [2.24, 2.45) is 0 Å². The second-order valence-electron chi connectivity index (χ2n) is 7.54. The summed E-state index contributed by atoms with van der Waals surface area (Å²) in [6.07, 6.45) is -0.346. The Morgan fingerprint density at radius 3 is 2.50 bits per heavy atom. The van der Waals surface area contributed by atoms with E-state index in [-0.39, 0.29) is 17.1 Å². The Labute approximate surface area is 190 Å². The van der Waals surface area contributed by atoms with E-state index in [1.807, 2.05) is 32.0 Å². The number of hydrazine groups is 1. The van der Waals surface area contributed by atoms with Gasteiger partial charge in [-0.2, -0.15) is 4.31 Å². The molecule has 4 rings (SSSR count). The van der Waals surface area contributed by atoms with Crippen LogP contribution in [-0.2, 0) is 14.8 Å². The van der Waals surface area contributed by atoms with Gasteiger partial charge in [0.05, 0.1) is 34.4 Å². The van der Waals surface area contributed by atoms with Gasteiger partial charge < -0.3 is 9.47 Å². The summed E-state index contributed by atoms with van der Waals surface area (Å²) in [6, 6.07) is 11.4. The quantitative estimate of drug-likeness (QED) is 0.527. The molecule has 0 aliphatic carbocycles. The molecule has 1 aromatic heterocycles. The number of fused-ring (bicyclic) bond motifs is 1. The molecule has 0 bridgehead atoms. The van der Waals surface area contributed by atoms with Crippen molar-refractivity contribution in [3.63, 3.8) is 0 Å². The topological polar surface area (TPSA) is 110 Å². The maximum absolute atomic E-state index is 12.9. The molecule has 1 aliphatic heterocycles. The van der Waals surface area contributed by atoms with Crippen LogP contribution in [0.5, 0.6) is 5.75 Å². The predicted octanol–water partition coefficient (Wildman–Crippen LogP) is 2.86. The van der Waals surface area contributed by atoms with Crippen molar-refractivity contribution >= 4 is 42.6 Å². The zero-order valence-electron chi connectivity index (χ0n) is 17.9. The predicted molar refractivity (Wildman–Crippen MR) is 122 cm³/mol. The molecule has 1 amide bonds. The second kappa shape index (κ2) is 9.02. The molecule has 9 nitrogen and oxygen atoms in total. The van der Waals surface area contributed by atoms with Crippen LogP contribution in [0.4, 0.5) is 5.13 Å². The van der Waals surface area contributed by atoms with Crippen molar-refractivity contribution in [3.05, 3.63) is 48.0 Å². The van der Waals surface area contributed by atoms with Gasteiger partial charge in [-0.3, -0.25) is 15.6 Å². The van der Waals surface area contributed by atoms with E-state index in [4.69, 9.17) is 9.47 Å². The van der Waals surface area contributed by atoms with Crippen LogP contribution in [0.25, 0.3) is 10.2 Å². The molecule has 0 saturated carbocycles. The third-order valence-corrected chi connectivity index (χ3v) is 7.80. The first-order valence-corrected chi connectivity index (χ1v) is 12.3. The minimum absolute atomic E-state index is 0.142. The highest BCUT2D eigenvalue weighted by molar-refractivity contribution is 7.89. The van der Waals surface area contributed by atoms with Crippen molar-refractivity contribution in [2.75, 3.05) is 25.6 Å². The highest BCUT2D eigenvalue weighted by Crippen LogP contribution is 2.28. The third kappa shape index (κ3) is 4.70. The van der Waals surface area contributed by atoms with E-state index in [0.29, 0.717) is 23.8 Å². The number of nitrogens with one attached hydrogen (secondary N) is 2. The molecule has 1 aliphatic rings. The van der Waals surface area contributed by atoms with Crippen molar-refractivity contribution in [1.82, 2.24) is 14.7 Å². The molecule has 2 N–H and O–H groups in total. The van der Waals surface area contributed by atoms with Crippen molar-refractivity contribution in [2.45, 2.75) is 31.0 Å². The van der Waals surface area contributed by atoms with Gasteiger partial charge >= 0.3 is 0 Å². The number of carbonyl (C=O) groups excluding carboxylic acids is 1. The minimum atomic E-state index is -3.66.